The van der Waals surface area contributed by atoms with Gasteiger partial charge >= 0.3 is 0 Å². The maximum absolute atomic E-state index is 12.9. The zero-order chi connectivity index (χ0) is 29.5. The topological polar surface area (TPSA) is 28.0 Å². The highest BCUT2D eigenvalue weighted by atomic mass is 79.9. The molecule has 2 unspecified atom stereocenters. The molecule has 0 aliphatic carbocycles. The van der Waals surface area contributed by atoms with Crippen LogP contribution in [0, 0.1) is 22.9 Å². The fourth-order valence-corrected chi connectivity index (χ4v) is 7.03. The third kappa shape index (κ3) is 10.3. The highest BCUT2D eigenvalue weighted by Crippen LogP contribution is 2.33. The molecule has 218 valence electrons. The van der Waals surface area contributed by atoms with Gasteiger partial charge in [-0.25, -0.2) is 0 Å². The molecule has 0 spiro atoms. The van der Waals surface area contributed by atoms with E-state index in [-0.39, 0.29) is 0 Å². The van der Waals surface area contributed by atoms with E-state index in [1.54, 1.807) is 4.57 Å². The number of benzene rings is 2. The van der Waals surface area contributed by atoms with E-state index in [9.17, 15) is 4.55 Å². The molecule has 5 heteroatoms. The lowest BCUT2D eigenvalue weighted by molar-refractivity contribution is 0.432. The SMILES string of the molecule is C#Cn1cc(-c2ccc([S+]([O-])CCCC=CCCCCBr)cc2)c(=S)c(-c2ccccc2CCC(CC)CCC)c1. The minimum atomic E-state index is -1.02. The number of unbranched alkanes of at least 4 members (excludes halogenated alkanes) is 3. The van der Waals surface area contributed by atoms with E-state index in [0.717, 1.165) is 68.6 Å². The lowest BCUT2D eigenvalue weighted by Gasteiger charge is -2.17. The molecule has 0 bridgehead atoms. The van der Waals surface area contributed by atoms with Gasteiger partial charge in [-0.05, 0) is 103 Å². The highest BCUT2D eigenvalue weighted by molar-refractivity contribution is 9.09. The van der Waals surface area contributed by atoms with Gasteiger partial charge in [0, 0.05) is 34.9 Å². The second kappa shape index (κ2) is 18.4. The first-order valence-corrected chi connectivity index (χ1v) is 17.9. The third-order valence-corrected chi connectivity index (χ3v) is 10.1. The number of hydrogen-bond acceptors (Lipinski definition) is 2. The number of hydrogen-bond donors (Lipinski definition) is 0. The Morgan fingerprint density at radius 2 is 1.66 bits per heavy atom. The summed E-state index contributed by atoms with van der Waals surface area (Å²) in [6.07, 6.45) is 25.6. The van der Waals surface area contributed by atoms with Crippen molar-refractivity contribution in [3.8, 4) is 34.7 Å². The van der Waals surface area contributed by atoms with Crippen LogP contribution in [0.15, 0.2) is 78.0 Å². The summed E-state index contributed by atoms with van der Waals surface area (Å²) in [4.78, 5) is 0.852. The van der Waals surface area contributed by atoms with Gasteiger partial charge in [-0.2, -0.15) is 0 Å². The zero-order valence-electron chi connectivity index (χ0n) is 24.6. The van der Waals surface area contributed by atoms with Gasteiger partial charge in [0.15, 0.2) is 4.90 Å². The minimum absolute atomic E-state index is 0.665. The number of allylic oxidation sites excluding steroid dienone is 2. The van der Waals surface area contributed by atoms with E-state index in [1.165, 1.54) is 44.1 Å². The number of alkyl halides is 1. The number of pyridine rings is 1. The molecular formula is C36H44BrNOS2. The molecule has 2 atom stereocenters. The number of aryl methyl sites for hydroxylation is 1. The second-order valence-corrected chi connectivity index (χ2v) is 13.4. The first kappa shape index (κ1) is 33.4. The Balaban J connectivity index is 1.77. The van der Waals surface area contributed by atoms with E-state index in [1.807, 2.05) is 36.7 Å². The van der Waals surface area contributed by atoms with Crippen molar-refractivity contribution < 1.29 is 4.55 Å². The Hall–Kier alpha value is -2.10. The Morgan fingerprint density at radius 1 is 0.951 bits per heavy atom. The van der Waals surface area contributed by atoms with Crippen molar-refractivity contribution in [3.63, 3.8) is 0 Å². The molecule has 3 rings (SSSR count). The summed E-state index contributed by atoms with van der Waals surface area (Å²) in [5.41, 5.74) is 5.37. The summed E-state index contributed by atoms with van der Waals surface area (Å²) in [5.74, 6) is 1.41. The highest BCUT2D eigenvalue weighted by Gasteiger charge is 2.15. The van der Waals surface area contributed by atoms with Crippen molar-refractivity contribution >= 4 is 39.3 Å². The van der Waals surface area contributed by atoms with Crippen LogP contribution < -0.4 is 0 Å². The van der Waals surface area contributed by atoms with Gasteiger partial charge in [0.25, 0.3) is 0 Å². The van der Waals surface area contributed by atoms with Gasteiger partial charge in [-0.3, -0.25) is 4.57 Å². The minimum Gasteiger partial charge on any atom is -0.611 e. The van der Waals surface area contributed by atoms with Gasteiger partial charge in [-0.1, -0.05) is 104 Å². The molecule has 0 aliphatic heterocycles. The van der Waals surface area contributed by atoms with Crippen molar-refractivity contribution in [1.82, 2.24) is 4.57 Å². The number of halogens is 1. The molecule has 0 aliphatic rings. The predicted octanol–water partition coefficient (Wildman–Crippen LogP) is 10.8. The van der Waals surface area contributed by atoms with Crippen LogP contribution in [0.25, 0.3) is 22.3 Å². The zero-order valence-corrected chi connectivity index (χ0v) is 27.8. The molecule has 2 aromatic carbocycles. The summed E-state index contributed by atoms with van der Waals surface area (Å²) in [6.45, 7) is 4.56. The quantitative estimate of drug-likeness (QED) is 0.0363. The van der Waals surface area contributed by atoms with Crippen molar-refractivity contribution in [2.24, 2.45) is 5.92 Å². The van der Waals surface area contributed by atoms with Crippen LogP contribution in [-0.4, -0.2) is 20.2 Å². The van der Waals surface area contributed by atoms with Crippen molar-refractivity contribution in [2.75, 3.05) is 11.1 Å². The maximum atomic E-state index is 12.9. The summed E-state index contributed by atoms with van der Waals surface area (Å²) in [7, 11) is 0. The lowest BCUT2D eigenvalue weighted by Crippen LogP contribution is -2.06. The molecule has 1 aromatic heterocycles. The van der Waals surface area contributed by atoms with Crippen LogP contribution in [-0.2, 0) is 17.6 Å². The van der Waals surface area contributed by atoms with Crippen molar-refractivity contribution in [3.05, 3.63) is 83.2 Å². The van der Waals surface area contributed by atoms with E-state index in [4.69, 9.17) is 18.6 Å². The monoisotopic (exact) mass is 649 g/mol. The summed E-state index contributed by atoms with van der Waals surface area (Å²) in [5, 5.41) is 1.06. The fraction of sp³-hybridized carbons (Fsp3) is 0.417. The lowest BCUT2D eigenvalue weighted by atomic mass is 9.90. The normalized spacial score (nSPS) is 12.9. The summed E-state index contributed by atoms with van der Waals surface area (Å²) < 4.78 is 15.5. The number of aromatic nitrogens is 1. The maximum Gasteiger partial charge on any atom is 0.152 e. The molecule has 0 saturated heterocycles. The molecule has 0 amide bonds. The second-order valence-electron chi connectivity index (χ2n) is 10.6. The van der Waals surface area contributed by atoms with Gasteiger partial charge < -0.3 is 4.55 Å². The van der Waals surface area contributed by atoms with Crippen molar-refractivity contribution in [1.29, 1.82) is 0 Å². The first-order chi connectivity index (χ1) is 20.0. The fourth-order valence-electron chi connectivity index (χ4n) is 5.20. The Labute approximate surface area is 265 Å². The first-order valence-electron chi connectivity index (χ1n) is 15.0. The molecule has 41 heavy (non-hydrogen) atoms. The van der Waals surface area contributed by atoms with E-state index >= 15 is 0 Å². The smallest absolute Gasteiger partial charge is 0.152 e. The summed E-state index contributed by atoms with van der Waals surface area (Å²) >= 11 is 8.52. The third-order valence-electron chi connectivity index (χ3n) is 7.63. The van der Waals surface area contributed by atoms with Crippen LogP contribution >= 0.6 is 28.1 Å². The largest absolute Gasteiger partial charge is 0.611 e. The molecular weight excluding hydrogens is 606 g/mol. The van der Waals surface area contributed by atoms with Gasteiger partial charge in [0.05, 0.1) is 4.51 Å². The molecule has 0 N–H and O–H groups in total. The molecule has 2 nitrogen and oxygen atoms in total. The van der Waals surface area contributed by atoms with Crippen LogP contribution in [0.3, 0.4) is 0 Å². The van der Waals surface area contributed by atoms with Crippen LogP contribution in [0.2, 0.25) is 0 Å². The van der Waals surface area contributed by atoms with Crippen LogP contribution in [0.1, 0.15) is 77.2 Å². The van der Waals surface area contributed by atoms with Crippen LogP contribution in [0.4, 0.5) is 0 Å². The molecule has 3 aromatic rings. The van der Waals surface area contributed by atoms with Crippen molar-refractivity contribution in [2.45, 2.75) is 83.0 Å². The molecule has 1 heterocycles. The predicted molar refractivity (Wildman–Crippen MR) is 185 cm³/mol. The standard InChI is InChI=1S/C36H44BrNOS2/c1-4-16-29(5-2)19-20-30-17-12-13-18-33(30)35-28-38(6-3)27-34(36(35)40)31-21-23-32(24-22-31)41(39)26-15-11-9-7-8-10-14-25-37/h3,7,9,12-13,17-18,21-24,27-29H,4-5,8,10-11,14-16,19-20,25-26H2,1-2H3. The van der Waals surface area contributed by atoms with Gasteiger partial charge in [0.1, 0.15) is 5.75 Å². The van der Waals surface area contributed by atoms with E-state index < -0.39 is 11.2 Å². The van der Waals surface area contributed by atoms with Gasteiger partial charge in [-0.15, -0.1) is 0 Å². The van der Waals surface area contributed by atoms with E-state index in [0.29, 0.717) is 5.75 Å². The number of rotatable bonds is 17. The van der Waals surface area contributed by atoms with Crippen LogP contribution in [0.5, 0.6) is 0 Å². The van der Waals surface area contributed by atoms with Gasteiger partial charge in [0.2, 0.25) is 0 Å². The molecule has 0 saturated carbocycles. The average molecular weight is 651 g/mol. The van der Waals surface area contributed by atoms with E-state index in [2.05, 4.69) is 72.2 Å². The Kier molecular flexibility index (Phi) is 15.0. The molecule has 0 fully saturated rings. The number of terminal acetylenes is 1. The average Bonchev–Trinajstić information content (AvgIpc) is 3.01. The molecule has 0 radical (unpaired) electrons. The Bertz CT molecular complexity index is 1340. The Morgan fingerprint density at radius 3 is 2.34 bits per heavy atom. The number of nitrogens with zero attached hydrogens (tertiary/aromatic N) is 1. The summed E-state index contributed by atoms with van der Waals surface area (Å²) in [6, 6.07) is 19.3.